The first kappa shape index (κ1) is 19.3. The summed E-state index contributed by atoms with van der Waals surface area (Å²) >= 11 is 1.55. The van der Waals surface area contributed by atoms with Crippen LogP contribution in [0.3, 0.4) is 0 Å². The van der Waals surface area contributed by atoms with E-state index in [1.165, 1.54) is 0 Å². The van der Waals surface area contributed by atoms with Crippen molar-refractivity contribution >= 4 is 22.7 Å². The monoisotopic (exact) mass is 384 g/mol. The highest BCUT2D eigenvalue weighted by Gasteiger charge is 2.15. The van der Waals surface area contributed by atoms with Crippen molar-refractivity contribution in [2.24, 2.45) is 0 Å². The van der Waals surface area contributed by atoms with E-state index in [0.29, 0.717) is 17.7 Å². The fourth-order valence-electron chi connectivity index (χ4n) is 2.76. The van der Waals surface area contributed by atoms with Gasteiger partial charge in [-0.1, -0.05) is 30.8 Å². The summed E-state index contributed by atoms with van der Waals surface area (Å²) in [5.74, 6) is 2.30. The van der Waals surface area contributed by atoms with E-state index in [2.05, 4.69) is 13.8 Å². The van der Waals surface area contributed by atoms with E-state index in [1.54, 1.807) is 23.4 Å². The van der Waals surface area contributed by atoms with Crippen LogP contribution in [0.25, 0.3) is 10.9 Å². The summed E-state index contributed by atoms with van der Waals surface area (Å²) in [4.78, 5) is 17.7. The van der Waals surface area contributed by atoms with Crippen molar-refractivity contribution in [1.29, 1.82) is 0 Å². The molecule has 142 valence electrons. The van der Waals surface area contributed by atoms with E-state index in [-0.39, 0.29) is 11.6 Å². The molecule has 0 aliphatic heterocycles. The van der Waals surface area contributed by atoms with Crippen LogP contribution in [0.2, 0.25) is 0 Å². The molecule has 0 aliphatic rings. The van der Waals surface area contributed by atoms with E-state index < -0.39 is 0 Å². The number of aromatic nitrogens is 2. The molecule has 0 unspecified atom stereocenters. The fraction of sp³-hybridized carbons (Fsp3) is 0.333. The second-order valence-corrected chi connectivity index (χ2v) is 7.28. The van der Waals surface area contributed by atoms with Crippen LogP contribution in [0.5, 0.6) is 11.5 Å². The Morgan fingerprint density at radius 1 is 1.11 bits per heavy atom. The number of thioether (sulfide) groups is 1. The first-order chi connectivity index (χ1) is 13.1. The lowest BCUT2D eigenvalue weighted by Gasteiger charge is -2.18. The molecule has 6 heteroatoms. The van der Waals surface area contributed by atoms with Gasteiger partial charge in [0.25, 0.3) is 5.56 Å². The third-order valence-electron chi connectivity index (χ3n) is 4.45. The van der Waals surface area contributed by atoms with Crippen molar-refractivity contribution in [2.75, 3.05) is 19.5 Å². The minimum Gasteiger partial charge on any atom is -0.497 e. The first-order valence-electron chi connectivity index (χ1n) is 9.05. The van der Waals surface area contributed by atoms with Crippen LogP contribution in [-0.2, 0) is 0 Å². The highest BCUT2D eigenvalue weighted by atomic mass is 32.2. The lowest BCUT2D eigenvalue weighted by atomic mass is 10.2. The summed E-state index contributed by atoms with van der Waals surface area (Å²) in [5, 5.41) is 1.41. The number of rotatable bonds is 8. The van der Waals surface area contributed by atoms with Gasteiger partial charge < -0.3 is 9.47 Å². The predicted octanol–water partition coefficient (Wildman–Crippen LogP) is 4.55. The maximum Gasteiger partial charge on any atom is 0.262 e. The van der Waals surface area contributed by atoms with Crippen molar-refractivity contribution in [3.8, 4) is 11.5 Å². The maximum atomic E-state index is 12.9. The third kappa shape index (κ3) is 4.45. The Hall–Kier alpha value is -2.47. The van der Waals surface area contributed by atoms with Gasteiger partial charge in [0.15, 0.2) is 5.16 Å². The fourth-order valence-corrected chi connectivity index (χ4v) is 3.68. The summed E-state index contributed by atoms with van der Waals surface area (Å²) in [7, 11) is 1.64. The van der Waals surface area contributed by atoms with Crippen LogP contribution < -0.4 is 15.0 Å². The Labute approximate surface area is 163 Å². The molecule has 0 amide bonds. The van der Waals surface area contributed by atoms with E-state index >= 15 is 0 Å². The molecule has 0 spiro atoms. The molecule has 2 aromatic carbocycles. The lowest BCUT2D eigenvalue weighted by molar-refractivity contribution is 0.342. The van der Waals surface area contributed by atoms with Crippen LogP contribution in [-0.4, -0.2) is 29.0 Å². The predicted molar refractivity (Wildman–Crippen MR) is 110 cm³/mol. The number of benzene rings is 2. The SMILES string of the molecule is CC[C@@H](C)n1c(SCCOc2ccc(OC)cc2)nc2ccccc2c1=O. The molecule has 0 saturated heterocycles. The number of para-hydroxylation sites is 1. The van der Waals surface area contributed by atoms with Crippen LogP contribution >= 0.6 is 11.8 Å². The van der Waals surface area contributed by atoms with Gasteiger partial charge in [-0.15, -0.1) is 0 Å². The minimum atomic E-state index is 0.0218. The van der Waals surface area contributed by atoms with Gasteiger partial charge in [-0.05, 0) is 49.7 Å². The summed E-state index contributed by atoms with van der Waals surface area (Å²) in [6.07, 6.45) is 0.871. The van der Waals surface area contributed by atoms with Crippen molar-refractivity contribution < 1.29 is 9.47 Å². The number of fused-ring (bicyclic) bond motifs is 1. The number of ether oxygens (including phenoxy) is 2. The number of nitrogens with zero attached hydrogens (tertiary/aromatic N) is 2. The minimum absolute atomic E-state index is 0.0218. The van der Waals surface area contributed by atoms with Gasteiger partial charge in [0.05, 0.1) is 24.6 Å². The van der Waals surface area contributed by atoms with Crippen molar-refractivity contribution in [3.05, 3.63) is 58.9 Å². The number of hydrogen-bond donors (Lipinski definition) is 0. The summed E-state index contributed by atoms with van der Waals surface area (Å²) < 4.78 is 12.7. The third-order valence-corrected chi connectivity index (χ3v) is 5.37. The zero-order valence-corrected chi connectivity index (χ0v) is 16.7. The van der Waals surface area contributed by atoms with Gasteiger partial charge in [0.2, 0.25) is 0 Å². The Kier molecular flexibility index (Phi) is 6.40. The van der Waals surface area contributed by atoms with Crippen LogP contribution in [0, 0.1) is 0 Å². The molecule has 27 heavy (non-hydrogen) atoms. The highest BCUT2D eigenvalue weighted by molar-refractivity contribution is 7.99. The molecule has 0 bridgehead atoms. The van der Waals surface area contributed by atoms with Crippen LogP contribution in [0.15, 0.2) is 58.5 Å². The van der Waals surface area contributed by atoms with E-state index in [9.17, 15) is 4.79 Å². The Bertz CT molecular complexity index is 954. The number of hydrogen-bond acceptors (Lipinski definition) is 5. The molecular formula is C21H24N2O3S. The molecule has 0 fully saturated rings. The van der Waals surface area contributed by atoms with Crippen LogP contribution in [0.4, 0.5) is 0 Å². The Morgan fingerprint density at radius 2 is 1.81 bits per heavy atom. The van der Waals surface area contributed by atoms with Crippen molar-refractivity contribution in [2.45, 2.75) is 31.5 Å². The Balaban J connectivity index is 1.74. The molecule has 3 aromatic rings. The lowest BCUT2D eigenvalue weighted by Crippen LogP contribution is -2.26. The average molecular weight is 385 g/mol. The molecule has 0 radical (unpaired) electrons. The van der Waals surface area contributed by atoms with Crippen molar-refractivity contribution in [1.82, 2.24) is 9.55 Å². The largest absolute Gasteiger partial charge is 0.497 e. The first-order valence-corrected chi connectivity index (χ1v) is 10.0. The highest BCUT2D eigenvalue weighted by Crippen LogP contribution is 2.23. The standard InChI is InChI=1S/C21H24N2O3S/c1-4-15(2)23-20(24)18-7-5-6-8-19(18)22-21(23)27-14-13-26-17-11-9-16(25-3)10-12-17/h5-12,15H,4,13-14H2,1-3H3/t15-/m1/s1. The van der Waals surface area contributed by atoms with Gasteiger partial charge in [0, 0.05) is 11.8 Å². The molecule has 0 aliphatic carbocycles. The molecule has 0 saturated carbocycles. The molecule has 1 aromatic heterocycles. The quantitative estimate of drug-likeness (QED) is 0.324. The van der Waals surface area contributed by atoms with Gasteiger partial charge in [-0.3, -0.25) is 9.36 Å². The van der Waals surface area contributed by atoms with E-state index in [4.69, 9.17) is 14.5 Å². The second-order valence-electron chi connectivity index (χ2n) is 6.22. The number of methoxy groups -OCH3 is 1. The smallest absolute Gasteiger partial charge is 0.262 e. The average Bonchev–Trinajstić information content (AvgIpc) is 2.71. The maximum absolute atomic E-state index is 12.9. The van der Waals surface area contributed by atoms with E-state index in [0.717, 1.165) is 28.6 Å². The molecule has 0 N–H and O–H groups in total. The second kappa shape index (κ2) is 8.95. The van der Waals surface area contributed by atoms with E-state index in [1.807, 2.05) is 48.5 Å². The van der Waals surface area contributed by atoms with Crippen LogP contribution in [0.1, 0.15) is 26.3 Å². The summed E-state index contributed by atoms with van der Waals surface area (Å²) in [5.41, 5.74) is 0.758. The normalized spacial score (nSPS) is 12.1. The Morgan fingerprint density at radius 3 is 2.52 bits per heavy atom. The summed E-state index contributed by atoms with van der Waals surface area (Å²) in [6.45, 7) is 4.66. The molecule has 5 nitrogen and oxygen atoms in total. The zero-order valence-electron chi connectivity index (χ0n) is 15.8. The molecule has 1 atom stereocenters. The van der Waals surface area contributed by atoms with Gasteiger partial charge in [-0.2, -0.15) is 0 Å². The summed E-state index contributed by atoms with van der Waals surface area (Å²) in [6, 6.07) is 15.1. The van der Waals surface area contributed by atoms with Gasteiger partial charge in [-0.25, -0.2) is 4.98 Å². The molecule has 1 heterocycles. The zero-order chi connectivity index (χ0) is 19.2. The molecule has 3 rings (SSSR count). The molecular weight excluding hydrogens is 360 g/mol. The topological polar surface area (TPSA) is 53.4 Å². The van der Waals surface area contributed by atoms with Crippen molar-refractivity contribution in [3.63, 3.8) is 0 Å². The van der Waals surface area contributed by atoms with Gasteiger partial charge >= 0.3 is 0 Å². The van der Waals surface area contributed by atoms with Gasteiger partial charge in [0.1, 0.15) is 11.5 Å².